The van der Waals surface area contributed by atoms with Crippen LogP contribution in [0, 0.1) is 6.92 Å². The molecule has 0 saturated heterocycles. The van der Waals surface area contributed by atoms with Gasteiger partial charge in [0.15, 0.2) is 0 Å². The summed E-state index contributed by atoms with van der Waals surface area (Å²) in [5.74, 6) is 0. The number of aryl methyl sites for hydroxylation is 2. The lowest BCUT2D eigenvalue weighted by atomic mass is 10.0. The highest BCUT2D eigenvalue weighted by Crippen LogP contribution is 2.29. The second-order valence-corrected chi connectivity index (χ2v) is 4.99. The first-order valence-electron chi connectivity index (χ1n) is 5.61. The molecule has 0 fully saturated rings. The van der Waals surface area contributed by atoms with Gasteiger partial charge < -0.3 is 5.11 Å². The van der Waals surface area contributed by atoms with Crippen LogP contribution in [0.2, 0.25) is 10.2 Å². The molecule has 3 nitrogen and oxygen atoms in total. The molecule has 2 aromatic rings. The summed E-state index contributed by atoms with van der Waals surface area (Å²) in [6, 6.07) is 7.46. The normalized spacial score (nSPS) is 12.7. The molecule has 1 heterocycles. The topological polar surface area (TPSA) is 38.0 Å². The van der Waals surface area contributed by atoms with Crippen molar-refractivity contribution in [1.29, 1.82) is 0 Å². The largest absolute Gasteiger partial charge is 0.388 e. The number of hydrogen-bond donors (Lipinski definition) is 1. The Labute approximate surface area is 116 Å². The van der Waals surface area contributed by atoms with Crippen LogP contribution in [-0.4, -0.2) is 14.9 Å². The first-order chi connectivity index (χ1) is 8.50. The summed E-state index contributed by atoms with van der Waals surface area (Å²) in [6.07, 6.45) is -0.280. The van der Waals surface area contributed by atoms with Gasteiger partial charge in [0.25, 0.3) is 0 Å². The maximum Gasteiger partial charge on any atom is 0.132 e. The number of nitrogens with zero attached hydrogens (tertiary/aromatic N) is 2. The molecule has 0 aliphatic heterocycles. The van der Waals surface area contributed by atoms with Gasteiger partial charge >= 0.3 is 0 Å². The summed E-state index contributed by atoms with van der Waals surface area (Å²) in [7, 11) is 1.75. The average molecular weight is 285 g/mol. The SMILES string of the molecule is Cc1nn(C)c(Cl)c1C(O)Cc1ccccc1Cl. The van der Waals surface area contributed by atoms with Crippen molar-refractivity contribution in [2.45, 2.75) is 19.4 Å². The first kappa shape index (κ1) is 13.4. The van der Waals surface area contributed by atoms with Gasteiger partial charge in [-0.15, -0.1) is 0 Å². The standard InChI is InChI=1S/C13H14Cl2N2O/c1-8-12(13(15)17(2)16-8)11(18)7-9-5-3-4-6-10(9)14/h3-6,11,18H,7H2,1-2H3. The highest BCUT2D eigenvalue weighted by molar-refractivity contribution is 6.31. The van der Waals surface area contributed by atoms with E-state index in [1.54, 1.807) is 17.8 Å². The number of aliphatic hydroxyl groups excluding tert-OH is 1. The third kappa shape index (κ3) is 2.53. The van der Waals surface area contributed by atoms with Crippen LogP contribution in [0.15, 0.2) is 24.3 Å². The third-order valence-electron chi connectivity index (χ3n) is 2.90. The molecule has 0 amide bonds. The van der Waals surface area contributed by atoms with E-state index in [0.717, 1.165) is 11.3 Å². The van der Waals surface area contributed by atoms with Crippen LogP contribution in [0.4, 0.5) is 0 Å². The Kier molecular flexibility index (Phi) is 3.95. The second-order valence-electron chi connectivity index (χ2n) is 4.22. The lowest BCUT2D eigenvalue weighted by molar-refractivity contribution is 0.178. The van der Waals surface area contributed by atoms with E-state index in [1.807, 2.05) is 25.1 Å². The predicted octanol–water partition coefficient (Wildman–Crippen LogP) is 3.31. The molecule has 0 aliphatic rings. The van der Waals surface area contributed by atoms with E-state index in [9.17, 15) is 5.11 Å². The quantitative estimate of drug-likeness (QED) is 0.939. The maximum absolute atomic E-state index is 10.3. The molecular formula is C13H14Cl2N2O. The third-order valence-corrected chi connectivity index (χ3v) is 3.72. The van der Waals surface area contributed by atoms with Crippen molar-refractivity contribution < 1.29 is 5.11 Å². The van der Waals surface area contributed by atoms with Gasteiger partial charge in [0.1, 0.15) is 5.15 Å². The minimum Gasteiger partial charge on any atom is -0.388 e. The predicted molar refractivity (Wildman–Crippen MR) is 73.1 cm³/mol. The minimum absolute atomic E-state index is 0.423. The number of aliphatic hydroxyl groups is 1. The van der Waals surface area contributed by atoms with Crippen molar-refractivity contribution in [2.75, 3.05) is 0 Å². The van der Waals surface area contributed by atoms with Crippen LogP contribution in [-0.2, 0) is 13.5 Å². The van der Waals surface area contributed by atoms with Crippen molar-refractivity contribution in [2.24, 2.45) is 7.05 Å². The van der Waals surface area contributed by atoms with Crippen molar-refractivity contribution in [3.8, 4) is 0 Å². The Morgan fingerprint density at radius 1 is 1.33 bits per heavy atom. The van der Waals surface area contributed by atoms with Gasteiger partial charge in [-0.2, -0.15) is 5.10 Å². The molecule has 1 atom stereocenters. The van der Waals surface area contributed by atoms with E-state index >= 15 is 0 Å². The van der Waals surface area contributed by atoms with Gasteiger partial charge in [-0.1, -0.05) is 41.4 Å². The van der Waals surface area contributed by atoms with Crippen LogP contribution in [0.1, 0.15) is 22.9 Å². The van der Waals surface area contributed by atoms with Crippen molar-refractivity contribution in [1.82, 2.24) is 9.78 Å². The fraction of sp³-hybridized carbons (Fsp3) is 0.308. The highest BCUT2D eigenvalue weighted by Gasteiger charge is 2.20. The smallest absolute Gasteiger partial charge is 0.132 e. The lowest BCUT2D eigenvalue weighted by Gasteiger charge is -2.11. The zero-order chi connectivity index (χ0) is 13.3. The summed E-state index contributed by atoms with van der Waals surface area (Å²) in [5.41, 5.74) is 2.30. The van der Waals surface area contributed by atoms with Crippen molar-refractivity contribution in [3.63, 3.8) is 0 Å². The van der Waals surface area contributed by atoms with Gasteiger partial charge in [0.2, 0.25) is 0 Å². The van der Waals surface area contributed by atoms with E-state index in [2.05, 4.69) is 5.10 Å². The summed E-state index contributed by atoms with van der Waals surface area (Å²) in [6.45, 7) is 1.83. The summed E-state index contributed by atoms with van der Waals surface area (Å²) >= 11 is 12.2. The molecular weight excluding hydrogens is 271 g/mol. The van der Waals surface area contributed by atoms with Crippen molar-refractivity contribution >= 4 is 23.2 Å². The molecule has 2 rings (SSSR count). The summed E-state index contributed by atoms with van der Waals surface area (Å²) < 4.78 is 1.56. The molecule has 0 spiro atoms. The molecule has 18 heavy (non-hydrogen) atoms. The first-order valence-corrected chi connectivity index (χ1v) is 6.36. The maximum atomic E-state index is 10.3. The molecule has 0 saturated carbocycles. The van der Waals surface area contributed by atoms with Gasteiger partial charge in [0.05, 0.1) is 11.8 Å². The molecule has 1 N–H and O–H groups in total. The monoisotopic (exact) mass is 284 g/mol. The fourth-order valence-corrected chi connectivity index (χ4v) is 2.51. The summed E-state index contributed by atoms with van der Waals surface area (Å²) in [5, 5.41) is 15.6. The van der Waals surface area contributed by atoms with E-state index < -0.39 is 6.10 Å². The van der Waals surface area contributed by atoms with E-state index in [-0.39, 0.29) is 0 Å². The molecule has 1 aromatic carbocycles. The highest BCUT2D eigenvalue weighted by atomic mass is 35.5. The Bertz CT molecular complexity index is 566. The van der Waals surface area contributed by atoms with Gasteiger partial charge in [-0.25, -0.2) is 0 Å². The Morgan fingerprint density at radius 2 is 2.00 bits per heavy atom. The van der Waals surface area contributed by atoms with Crippen LogP contribution in [0.25, 0.3) is 0 Å². The molecule has 1 aromatic heterocycles. The second kappa shape index (κ2) is 5.31. The number of hydrogen-bond acceptors (Lipinski definition) is 2. The molecule has 5 heteroatoms. The van der Waals surface area contributed by atoms with Crippen LogP contribution < -0.4 is 0 Å². The average Bonchev–Trinajstić information content (AvgIpc) is 2.56. The molecule has 0 bridgehead atoms. The Balaban J connectivity index is 2.28. The molecule has 0 radical (unpaired) electrons. The minimum atomic E-state index is -0.703. The molecule has 96 valence electrons. The zero-order valence-electron chi connectivity index (χ0n) is 10.2. The molecule has 1 unspecified atom stereocenters. The number of rotatable bonds is 3. The summed E-state index contributed by atoms with van der Waals surface area (Å²) in [4.78, 5) is 0. The van der Waals surface area contributed by atoms with Gasteiger partial charge in [0, 0.05) is 24.1 Å². The zero-order valence-corrected chi connectivity index (χ0v) is 11.7. The Morgan fingerprint density at radius 3 is 2.56 bits per heavy atom. The number of halogens is 2. The number of aromatic nitrogens is 2. The van der Waals surface area contributed by atoms with Crippen LogP contribution in [0.5, 0.6) is 0 Å². The van der Waals surface area contributed by atoms with Crippen LogP contribution >= 0.6 is 23.2 Å². The van der Waals surface area contributed by atoms with E-state index in [1.165, 1.54) is 0 Å². The van der Waals surface area contributed by atoms with Gasteiger partial charge in [-0.05, 0) is 18.6 Å². The van der Waals surface area contributed by atoms with Crippen molar-refractivity contribution in [3.05, 3.63) is 51.3 Å². The van der Waals surface area contributed by atoms with Crippen LogP contribution in [0.3, 0.4) is 0 Å². The number of benzene rings is 1. The Hall–Kier alpha value is -1.03. The molecule has 0 aliphatic carbocycles. The fourth-order valence-electron chi connectivity index (χ4n) is 2.00. The van der Waals surface area contributed by atoms with E-state index in [0.29, 0.717) is 22.2 Å². The lowest BCUT2D eigenvalue weighted by Crippen LogP contribution is -2.04. The van der Waals surface area contributed by atoms with Gasteiger partial charge in [-0.3, -0.25) is 4.68 Å². The van der Waals surface area contributed by atoms with E-state index in [4.69, 9.17) is 23.2 Å².